The van der Waals surface area contributed by atoms with Crippen molar-refractivity contribution < 1.29 is 0 Å². The number of aliphatic imine (C=N–C) groups is 1. The van der Waals surface area contributed by atoms with Crippen LogP contribution in [0.4, 0.5) is 0 Å². The summed E-state index contributed by atoms with van der Waals surface area (Å²) < 4.78 is 1.95. The summed E-state index contributed by atoms with van der Waals surface area (Å²) in [6, 6.07) is 0. The predicted molar refractivity (Wildman–Crippen MR) is 47.0 cm³/mol. The van der Waals surface area contributed by atoms with Crippen LogP contribution in [0.5, 0.6) is 0 Å². The first kappa shape index (κ1) is 7.79. The zero-order valence-electron chi connectivity index (χ0n) is 6.21. The Balaban J connectivity index is 2.61. The maximum Gasteiger partial charge on any atom is 0.0676 e. The van der Waals surface area contributed by atoms with E-state index >= 15 is 0 Å². The molecule has 0 N–H and O–H groups in total. The van der Waals surface area contributed by atoms with Gasteiger partial charge in [0.1, 0.15) is 0 Å². The lowest BCUT2D eigenvalue weighted by Gasteiger charge is -2.18. The molecule has 0 atom stereocenters. The molecule has 0 aromatic carbocycles. The summed E-state index contributed by atoms with van der Waals surface area (Å²) in [5, 5.41) is 0. The third-order valence-electron chi connectivity index (χ3n) is 1.45. The van der Waals surface area contributed by atoms with Gasteiger partial charge >= 0.3 is 0 Å². The van der Waals surface area contributed by atoms with Crippen LogP contribution in [0.15, 0.2) is 17.4 Å². The minimum absolute atomic E-state index is 0.546. The average molecular weight is 203 g/mol. The molecular formula is C7H11BrN2. The molecule has 0 aromatic heterocycles. The highest BCUT2D eigenvalue weighted by Crippen LogP contribution is 2.09. The van der Waals surface area contributed by atoms with Crippen molar-refractivity contribution in [3.63, 3.8) is 0 Å². The Bertz CT molecular complexity index is 172. The van der Waals surface area contributed by atoms with Gasteiger partial charge in [0, 0.05) is 34.3 Å². The molecule has 0 radical (unpaired) electrons. The topological polar surface area (TPSA) is 15.6 Å². The highest BCUT2D eigenvalue weighted by Gasteiger charge is 2.09. The van der Waals surface area contributed by atoms with Crippen molar-refractivity contribution in [2.75, 3.05) is 6.54 Å². The highest BCUT2D eigenvalue weighted by molar-refractivity contribution is 9.07. The van der Waals surface area contributed by atoms with Gasteiger partial charge in [0.2, 0.25) is 0 Å². The van der Waals surface area contributed by atoms with Crippen LogP contribution in [0.3, 0.4) is 0 Å². The van der Waals surface area contributed by atoms with Crippen molar-refractivity contribution >= 4 is 21.9 Å². The second-order valence-corrected chi connectivity index (χ2v) is 3.54. The number of rotatable bonds is 1. The van der Waals surface area contributed by atoms with Gasteiger partial charge in [-0.1, -0.05) is 13.8 Å². The Hall–Kier alpha value is -0.310. The van der Waals surface area contributed by atoms with E-state index < -0.39 is 0 Å². The summed E-state index contributed by atoms with van der Waals surface area (Å²) in [5.74, 6) is 0.546. The van der Waals surface area contributed by atoms with Crippen LogP contribution < -0.4 is 0 Å². The first-order valence-corrected chi connectivity index (χ1v) is 4.06. The molecule has 0 fully saturated rings. The molecule has 0 aliphatic carbocycles. The molecule has 0 saturated carbocycles. The van der Waals surface area contributed by atoms with Crippen LogP contribution in [0.1, 0.15) is 13.8 Å². The Morgan fingerprint density at radius 1 is 1.70 bits per heavy atom. The van der Waals surface area contributed by atoms with Gasteiger partial charge in [-0.2, -0.15) is 0 Å². The monoisotopic (exact) mass is 202 g/mol. The van der Waals surface area contributed by atoms with Crippen molar-refractivity contribution in [1.82, 2.24) is 3.93 Å². The molecule has 0 bridgehead atoms. The third kappa shape index (κ3) is 1.84. The summed E-state index contributed by atoms with van der Waals surface area (Å²) >= 11 is 3.36. The minimum atomic E-state index is 0.546. The maximum absolute atomic E-state index is 4.24. The first-order chi connectivity index (χ1) is 4.70. The Morgan fingerprint density at radius 3 is 2.80 bits per heavy atom. The summed E-state index contributed by atoms with van der Waals surface area (Å²) in [6.45, 7) is 5.20. The zero-order valence-corrected chi connectivity index (χ0v) is 7.80. The van der Waals surface area contributed by atoms with E-state index in [1.54, 1.807) is 0 Å². The minimum Gasteiger partial charge on any atom is -0.309 e. The van der Waals surface area contributed by atoms with Crippen molar-refractivity contribution in [2.24, 2.45) is 10.9 Å². The molecule has 2 nitrogen and oxygen atoms in total. The molecule has 0 unspecified atom stereocenters. The van der Waals surface area contributed by atoms with Crippen LogP contribution in [-0.4, -0.2) is 16.2 Å². The maximum atomic E-state index is 4.24. The molecule has 1 heterocycles. The zero-order chi connectivity index (χ0) is 7.56. The van der Waals surface area contributed by atoms with Crippen molar-refractivity contribution in [3.05, 3.63) is 12.4 Å². The van der Waals surface area contributed by atoms with E-state index in [1.165, 1.54) is 5.71 Å². The standard InChI is InChI=1S/C7H11BrN2/c1-6(2)7-5-10(8)4-3-9-7/h3-4,6H,5H2,1-2H3. The fraction of sp³-hybridized carbons (Fsp3) is 0.571. The molecule has 0 spiro atoms. The van der Waals surface area contributed by atoms with Crippen LogP contribution in [0.25, 0.3) is 0 Å². The van der Waals surface area contributed by atoms with Gasteiger partial charge < -0.3 is 3.93 Å². The van der Waals surface area contributed by atoms with Gasteiger partial charge in [0.25, 0.3) is 0 Å². The Kier molecular flexibility index (Phi) is 2.49. The van der Waals surface area contributed by atoms with Gasteiger partial charge in [-0.15, -0.1) is 0 Å². The fourth-order valence-electron chi connectivity index (χ4n) is 0.781. The average Bonchev–Trinajstić information content (AvgIpc) is 1.88. The fourth-order valence-corrected chi connectivity index (χ4v) is 1.14. The van der Waals surface area contributed by atoms with E-state index in [9.17, 15) is 0 Å². The summed E-state index contributed by atoms with van der Waals surface area (Å²) in [7, 11) is 0. The quantitative estimate of drug-likeness (QED) is 0.596. The molecular weight excluding hydrogens is 192 g/mol. The SMILES string of the molecule is CC(C)C1=NC=CN(Br)C1. The van der Waals surface area contributed by atoms with Crippen LogP contribution in [0.2, 0.25) is 0 Å². The molecule has 10 heavy (non-hydrogen) atoms. The van der Waals surface area contributed by atoms with E-state index in [0.29, 0.717) is 5.92 Å². The molecule has 1 aliphatic rings. The second-order valence-electron chi connectivity index (χ2n) is 2.63. The Labute approximate surface area is 70.0 Å². The number of hydrogen-bond acceptors (Lipinski definition) is 2. The first-order valence-electron chi connectivity index (χ1n) is 3.36. The smallest absolute Gasteiger partial charge is 0.0676 e. The van der Waals surface area contributed by atoms with E-state index in [4.69, 9.17) is 0 Å². The van der Waals surface area contributed by atoms with Gasteiger partial charge in [-0.05, 0) is 5.92 Å². The van der Waals surface area contributed by atoms with Crippen LogP contribution >= 0.6 is 16.1 Å². The normalized spacial score (nSPS) is 18.0. The lowest BCUT2D eigenvalue weighted by atomic mass is 10.1. The van der Waals surface area contributed by atoms with Gasteiger partial charge in [-0.25, -0.2) is 0 Å². The highest BCUT2D eigenvalue weighted by atomic mass is 79.9. The molecule has 0 saturated heterocycles. The van der Waals surface area contributed by atoms with E-state index in [0.717, 1.165) is 6.54 Å². The molecule has 0 aromatic rings. The molecule has 3 heteroatoms. The predicted octanol–water partition coefficient (Wildman–Crippen LogP) is 2.18. The lowest BCUT2D eigenvalue weighted by molar-refractivity contribution is 0.695. The van der Waals surface area contributed by atoms with Crippen molar-refractivity contribution in [3.8, 4) is 0 Å². The molecule has 1 rings (SSSR count). The molecule has 56 valence electrons. The van der Waals surface area contributed by atoms with Crippen molar-refractivity contribution in [2.45, 2.75) is 13.8 Å². The van der Waals surface area contributed by atoms with Crippen LogP contribution in [-0.2, 0) is 0 Å². The lowest BCUT2D eigenvalue weighted by Crippen LogP contribution is -2.23. The Morgan fingerprint density at radius 2 is 2.40 bits per heavy atom. The van der Waals surface area contributed by atoms with E-state index in [1.807, 2.05) is 16.3 Å². The second kappa shape index (κ2) is 3.19. The van der Waals surface area contributed by atoms with Gasteiger partial charge in [0.15, 0.2) is 0 Å². The number of hydrogen-bond donors (Lipinski definition) is 0. The van der Waals surface area contributed by atoms with E-state index in [-0.39, 0.29) is 0 Å². The van der Waals surface area contributed by atoms with Crippen LogP contribution in [0, 0.1) is 5.92 Å². The summed E-state index contributed by atoms with van der Waals surface area (Å²) in [4.78, 5) is 4.24. The summed E-state index contributed by atoms with van der Waals surface area (Å²) in [6.07, 6.45) is 3.72. The van der Waals surface area contributed by atoms with E-state index in [2.05, 4.69) is 35.0 Å². The molecule has 1 aliphatic heterocycles. The number of nitrogens with zero attached hydrogens (tertiary/aromatic N) is 2. The number of halogens is 1. The van der Waals surface area contributed by atoms with Gasteiger partial charge in [0.05, 0.1) is 6.54 Å². The van der Waals surface area contributed by atoms with Gasteiger partial charge in [-0.3, -0.25) is 4.99 Å². The van der Waals surface area contributed by atoms with Crippen molar-refractivity contribution in [1.29, 1.82) is 0 Å². The molecule has 0 amide bonds. The largest absolute Gasteiger partial charge is 0.309 e. The summed E-state index contributed by atoms with van der Waals surface area (Å²) in [5.41, 5.74) is 1.22. The third-order valence-corrected chi connectivity index (χ3v) is 1.94.